The predicted octanol–water partition coefficient (Wildman–Crippen LogP) is 1.39. The molecule has 0 spiro atoms. The van der Waals surface area contributed by atoms with Crippen molar-refractivity contribution in [1.29, 1.82) is 0 Å². The van der Waals surface area contributed by atoms with Gasteiger partial charge in [-0.15, -0.1) is 0 Å². The van der Waals surface area contributed by atoms with Crippen LogP contribution >= 0.6 is 0 Å². The largest absolute Gasteiger partial charge is 0.320 e. The van der Waals surface area contributed by atoms with Crippen LogP contribution in [0.3, 0.4) is 0 Å². The van der Waals surface area contributed by atoms with Gasteiger partial charge in [-0.25, -0.2) is 0 Å². The molecule has 0 saturated carbocycles. The smallest absolute Gasteiger partial charge is 0.274 e. The Kier molecular flexibility index (Phi) is 1.92. The topological polar surface area (TPSA) is 41.5 Å². The second-order valence-electron chi connectivity index (χ2n) is 2.56. The highest BCUT2D eigenvalue weighted by Gasteiger charge is 2.10. The third kappa shape index (κ3) is 1.64. The summed E-state index contributed by atoms with van der Waals surface area (Å²) in [5, 5.41) is 2.67. The van der Waals surface area contributed by atoms with Crippen LogP contribution in [-0.2, 0) is 4.79 Å². The number of aliphatic imine (C=N–C) groups is 1. The van der Waals surface area contributed by atoms with Gasteiger partial charge in [-0.1, -0.05) is 18.2 Å². The van der Waals surface area contributed by atoms with Crippen LogP contribution in [-0.4, -0.2) is 12.1 Å². The molecule has 0 atom stereocenters. The maximum absolute atomic E-state index is 11.3. The monoisotopic (exact) mass is 171 g/mol. The zero-order valence-electron chi connectivity index (χ0n) is 6.82. The van der Waals surface area contributed by atoms with Gasteiger partial charge < -0.3 is 5.32 Å². The minimum absolute atomic E-state index is 0.190. The van der Waals surface area contributed by atoms with Gasteiger partial charge in [0, 0.05) is 18.0 Å². The minimum Gasteiger partial charge on any atom is -0.320 e. The van der Waals surface area contributed by atoms with E-state index in [9.17, 15) is 4.79 Å². The van der Waals surface area contributed by atoms with Crippen molar-refractivity contribution >= 4 is 17.8 Å². The summed E-state index contributed by atoms with van der Waals surface area (Å²) < 4.78 is 0. The van der Waals surface area contributed by atoms with Crippen molar-refractivity contribution in [2.24, 2.45) is 4.99 Å². The van der Waals surface area contributed by atoms with Crippen molar-refractivity contribution in [1.82, 2.24) is 0 Å². The quantitative estimate of drug-likeness (QED) is 0.717. The van der Waals surface area contributed by atoms with Gasteiger partial charge in [0.25, 0.3) is 5.91 Å². The van der Waals surface area contributed by atoms with Gasteiger partial charge in [0.2, 0.25) is 0 Å². The molecule has 0 unspecified atom stereocenters. The maximum Gasteiger partial charge on any atom is 0.274 e. The molecule has 0 aromatic heterocycles. The first kappa shape index (κ1) is 7.73. The van der Waals surface area contributed by atoms with Gasteiger partial charge in [0.15, 0.2) is 0 Å². The van der Waals surface area contributed by atoms with Crippen molar-refractivity contribution in [3.8, 4) is 0 Å². The lowest BCUT2D eigenvalue weighted by molar-refractivity contribution is -0.112. The molecule has 3 heteroatoms. The van der Waals surface area contributed by atoms with E-state index in [1.54, 1.807) is 24.4 Å². The molecule has 1 N–H and O–H groups in total. The van der Waals surface area contributed by atoms with Crippen LogP contribution in [0.1, 0.15) is 0 Å². The number of nitrogens with one attached hydrogen (secondary N) is 1. The van der Waals surface area contributed by atoms with Gasteiger partial charge in [-0.2, -0.15) is 0 Å². The number of carbonyl (C=O) groups excluding carboxylic acids is 1. The van der Waals surface area contributed by atoms with E-state index in [2.05, 4.69) is 16.4 Å². The van der Waals surface area contributed by atoms with Crippen LogP contribution in [0.2, 0.25) is 0 Å². The lowest BCUT2D eigenvalue weighted by Gasteiger charge is -2.06. The molecular formula is C10H7N2O. The summed E-state index contributed by atoms with van der Waals surface area (Å²) in [6, 6.07) is 10.1. The molecule has 0 saturated heterocycles. The third-order valence-corrected chi connectivity index (χ3v) is 1.64. The summed E-state index contributed by atoms with van der Waals surface area (Å²) in [7, 11) is 0. The molecule has 1 aliphatic heterocycles. The Hall–Kier alpha value is -1.90. The summed E-state index contributed by atoms with van der Waals surface area (Å²) in [5.41, 5.74) is 1.12. The van der Waals surface area contributed by atoms with Crippen LogP contribution in [0.5, 0.6) is 0 Å². The molecule has 1 amide bonds. The van der Waals surface area contributed by atoms with E-state index in [4.69, 9.17) is 0 Å². The number of carbonyl (C=O) groups is 1. The Morgan fingerprint density at radius 2 is 2.31 bits per heavy atom. The number of hydrogen-bond acceptors (Lipinski definition) is 2. The zero-order valence-corrected chi connectivity index (χ0v) is 6.82. The molecule has 0 aliphatic carbocycles. The Morgan fingerprint density at radius 1 is 1.46 bits per heavy atom. The van der Waals surface area contributed by atoms with E-state index in [1.165, 1.54) is 0 Å². The van der Waals surface area contributed by atoms with Crippen molar-refractivity contribution in [3.05, 3.63) is 42.1 Å². The fourth-order valence-corrected chi connectivity index (χ4v) is 0.941. The number of para-hydroxylation sites is 1. The van der Waals surface area contributed by atoms with Crippen LogP contribution in [0.25, 0.3) is 0 Å². The summed E-state index contributed by atoms with van der Waals surface area (Å²) in [6.07, 6.45) is 3.25. The molecule has 1 aromatic rings. The second-order valence-corrected chi connectivity index (χ2v) is 2.56. The molecule has 0 fully saturated rings. The lowest BCUT2D eigenvalue weighted by Crippen LogP contribution is -2.16. The van der Waals surface area contributed by atoms with Crippen LogP contribution in [0, 0.1) is 6.07 Å². The molecule has 0 bridgehead atoms. The summed E-state index contributed by atoms with van der Waals surface area (Å²) in [5.74, 6) is -0.190. The molecule has 1 aliphatic rings. The van der Waals surface area contributed by atoms with Crippen molar-refractivity contribution < 1.29 is 4.79 Å². The Bertz CT molecular complexity index is 379. The molecule has 13 heavy (non-hydrogen) atoms. The fourth-order valence-electron chi connectivity index (χ4n) is 0.941. The molecule has 3 nitrogen and oxygen atoms in total. The number of benzene rings is 1. The van der Waals surface area contributed by atoms with Gasteiger partial charge >= 0.3 is 0 Å². The average Bonchev–Trinajstić information content (AvgIpc) is 2.02. The van der Waals surface area contributed by atoms with Crippen molar-refractivity contribution in [2.75, 3.05) is 5.32 Å². The number of allylic oxidation sites excluding steroid dienone is 1. The van der Waals surface area contributed by atoms with Crippen LogP contribution in [0.4, 0.5) is 5.69 Å². The van der Waals surface area contributed by atoms with E-state index in [1.807, 2.05) is 12.1 Å². The molecule has 63 valence electrons. The number of anilines is 1. The zero-order chi connectivity index (χ0) is 9.10. The first-order valence-corrected chi connectivity index (χ1v) is 3.89. The maximum atomic E-state index is 11.3. The number of amides is 1. The summed E-state index contributed by atoms with van der Waals surface area (Å²) >= 11 is 0. The number of nitrogens with zero attached hydrogens (tertiary/aromatic N) is 1. The van der Waals surface area contributed by atoms with Crippen molar-refractivity contribution in [3.63, 3.8) is 0 Å². The summed E-state index contributed by atoms with van der Waals surface area (Å²) in [4.78, 5) is 15.1. The van der Waals surface area contributed by atoms with E-state index >= 15 is 0 Å². The van der Waals surface area contributed by atoms with Crippen LogP contribution in [0.15, 0.2) is 41.0 Å². The molecular weight excluding hydrogens is 164 g/mol. The van der Waals surface area contributed by atoms with Gasteiger partial charge in [0.05, 0.1) is 0 Å². The number of hydrogen-bond donors (Lipinski definition) is 1. The van der Waals surface area contributed by atoms with Crippen LogP contribution < -0.4 is 5.32 Å². The van der Waals surface area contributed by atoms with E-state index in [0.29, 0.717) is 11.4 Å². The number of rotatable bonds is 2. The van der Waals surface area contributed by atoms with Gasteiger partial charge in [0.1, 0.15) is 5.70 Å². The fraction of sp³-hybridized carbons (Fsp3) is 0. The third-order valence-electron chi connectivity index (χ3n) is 1.64. The van der Waals surface area contributed by atoms with E-state index in [0.717, 1.165) is 0 Å². The van der Waals surface area contributed by atoms with Gasteiger partial charge in [-0.05, 0) is 12.1 Å². The minimum atomic E-state index is -0.190. The normalized spacial score (nSPS) is 13.1. The Labute approximate surface area is 75.8 Å². The molecule has 1 aromatic carbocycles. The van der Waals surface area contributed by atoms with E-state index < -0.39 is 0 Å². The summed E-state index contributed by atoms with van der Waals surface area (Å²) in [6.45, 7) is 0. The highest BCUT2D eigenvalue weighted by Crippen LogP contribution is 2.09. The first-order valence-electron chi connectivity index (χ1n) is 3.89. The van der Waals surface area contributed by atoms with Crippen molar-refractivity contribution in [2.45, 2.75) is 0 Å². The SMILES string of the molecule is O=C(Nc1[c]cccc1)C1=CC=N1. The standard InChI is InChI=1S/C10H7N2O/c13-10(9-6-7-11-9)12-8-4-2-1-3-5-8/h1-4,6-7H,(H,12,13). The Morgan fingerprint density at radius 3 is 2.85 bits per heavy atom. The lowest BCUT2D eigenvalue weighted by atomic mass is 10.3. The Balaban J connectivity index is 2.02. The molecule has 1 heterocycles. The predicted molar refractivity (Wildman–Crippen MR) is 50.5 cm³/mol. The molecule has 2 rings (SSSR count). The van der Waals surface area contributed by atoms with Gasteiger partial charge in [-0.3, -0.25) is 9.79 Å². The second kappa shape index (κ2) is 3.23. The van der Waals surface area contributed by atoms with E-state index in [-0.39, 0.29) is 5.91 Å². The average molecular weight is 171 g/mol. The molecule has 1 radical (unpaired) electrons. The highest BCUT2D eigenvalue weighted by atomic mass is 16.2. The first-order chi connectivity index (χ1) is 6.36. The highest BCUT2D eigenvalue weighted by molar-refractivity contribution is 6.09.